The van der Waals surface area contributed by atoms with Crippen LogP contribution in [0.2, 0.25) is 0 Å². The molecule has 0 aliphatic heterocycles. The summed E-state index contributed by atoms with van der Waals surface area (Å²) in [5.74, 6) is -1.34. The van der Waals surface area contributed by atoms with Crippen molar-refractivity contribution in [3.8, 4) is 11.3 Å². The van der Waals surface area contributed by atoms with E-state index in [0.29, 0.717) is 22.5 Å². The summed E-state index contributed by atoms with van der Waals surface area (Å²) in [4.78, 5) is 41.7. The van der Waals surface area contributed by atoms with Gasteiger partial charge in [-0.2, -0.15) is 0 Å². The van der Waals surface area contributed by atoms with Crippen molar-refractivity contribution in [2.24, 2.45) is 0 Å². The van der Waals surface area contributed by atoms with E-state index in [0.717, 1.165) is 5.56 Å². The van der Waals surface area contributed by atoms with Crippen LogP contribution in [-0.4, -0.2) is 52.9 Å². The van der Waals surface area contributed by atoms with Gasteiger partial charge < -0.3 is 15.3 Å². The van der Waals surface area contributed by atoms with Gasteiger partial charge in [0.2, 0.25) is 5.91 Å². The van der Waals surface area contributed by atoms with E-state index in [1.165, 1.54) is 4.90 Å². The van der Waals surface area contributed by atoms with Gasteiger partial charge in [0.05, 0.1) is 17.0 Å². The number of hydrogen-bond donors (Lipinski definition) is 2. The maximum Gasteiger partial charge on any atom is 0.337 e. The average molecular weight is 383 g/mol. The molecule has 1 aromatic heterocycles. The van der Waals surface area contributed by atoms with Crippen LogP contribution in [-0.2, 0) is 4.79 Å². The normalized spacial score (nSPS) is 11.6. The van der Waals surface area contributed by atoms with Gasteiger partial charge in [-0.3, -0.25) is 14.6 Å². The van der Waals surface area contributed by atoms with E-state index in [1.54, 1.807) is 52.2 Å². The number of nitrogens with zero attached hydrogens (tertiary/aromatic N) is 2. The molecule has 0 spiro atoms. The van der Waals surface area contributed by atoms with Crippen LogP contribution in [0.5, 0.6) is 0 Å². The molecule has 148 valence electrons. The van der Waals surface area contributed by atoms with Gasteiger partial charge in [-0.15, -0.1) is 0 Å². The van der Waals surface area contributed by atoms with Gasteiger partial charge >= 0.3 is 5.97 Å². The lowest BCUT2D eigenvalue weighted by Crippen LogP contribution is -2.38. The molecule has 1 heterocycles. The highest BCUT2D eigenvalue weighted by atomic mass is 16.4. The van der Waals surface area contributed by atoms with Crippen LogP contribution in [0.15, 0.2) is 30.3 Å². The van der Waals surface area contributed by atoms with Gasteiger partial charge in [-0.1, -0.05) is 12.1 Å². The zero-order valence-electron chi connectivity index (χ0n) is 16.7. The highest BCUT2D eigenvalue weighted by Crippen LogP contribution is 2.24. The minimum absolute atomic E-state index is 0.130. The first-order valence-electron chi connectivity index (χ1n) is 8.95. The van der Waals surface area contributed by atoms with Crippen molar-refractivity contribution in [1.29, 1.82) is 0 Å². The molecule has 7 heteroatoms. The maximum absolute atomic E-state index is 12.8. The molecule has 2 amide bonds. The van der Waals surface area contributed by atoms with Crippen LogP contribution in [0.3, 0.4) is 0 Å². The molecule has 0 saturated carbocycles. The molecule has 7 nitrogen and oxygen atoms in total. The minimum atomic E-state index is -1.01. The van der Waals surface area contributed by atoms with Crippen molar-refractivity contribution in [2.45, 2.75) is 33.2 Å². The Bertz CT molecular complexity index is 901. The molecule has 0 fully saturated rings. The molecule has 0 radical (unpaired) electrons. The number of carboxylic acid groups (broad SMARTS) is 1. The number of pyridine rings is 1. The molecule has 0 aliphatic carbocycles. The van der Waals surface area contributed by atoms with Crippen LogP contribution in [0, 0.1) is 13.8 Å². The smallest absolute Gasteiger partial charge is 0.337 e. The molecular formula is C21H25N3O4. The molecule has 0 aliphatic rings. The zero-order valence-corrected chi connectivity index (χ0v) is 16.7. The molecule has 1 atom stereocenters. The molecule has 2 rings (SSSR count). The lowest BCUT2D eigenvalue weighted by atomic mass is 10.0. The Morgan fingerprint density at radius 3 is 2.46 bits per heavy atom. The van der Waals surface area contributed by atoms with E-state index in [2.05, 4.69) is 10.3 Å². The lowest BCUT2D eigenvalue weighted by Gasteiger charge is -2.24. The third-order valence-electron chi connectivity index (χ3n) is 4.76. The summed E-state index contributed by atoms with van der Waals surface area (Å²) in [6, 6.07) is 8.48. The molecule has 1 aromatic carbocycles. The van der Waals surface area contributed by atoms with Gasteiger partial charge in [-0.25, -0.2) is 4.79 Å². The molecule has 2 aromatic rings. The lowest BCUT2D eigenvalue weighted by molar-refractivity contribution is -0.121. The number of rotatable bonds is 6. The van der Waals surface area contributed by atoms with Crippen LogP contribution in [0.1, 0.15) is 45.3 Å². The zero-order chi connectivity index (χ0) is 21.0. The Morgan fingerprint density at radius 2 is 1.89 bits per heavy atom. The van der Waals surface area contributed by atoms with Crippen molar-refractivity contribution >= 4 is 17.8 Å². The van der Waals surface area contributed by atoms with E-state index < -0.39 is 5.97 Å². The van der Waals surface area contributed by atoms with Crippen molar-refractivity contribution in [3.63, 3.8) is 0 Å². The Labute approximate surface area is 164 Å². The Balaban J connectivity index is 2.33. The highest BCUT2D eigenvalue weighted by molar-refractivity contribution is 5.96. The maximum atomic E-state index is 12.8. The summed E-state index contributed by atoms with van der Waals surface area (Å²) in [6.45, 7) is 5.20. The van der Waals surface area contributed by atoms with Crippen LogP contribution >= 0.6 is 0 Å². The van der Waals surface area contributed by atoms with Gasteiger partial charge in [0, 0.05) is 37.7 Å². The van der Waals surface area contributed by atoms with E-state index in [1.807, 2.05) is 13.0 Å². The number of nitrogens with one attached hydrogen (secondary N) is 1. The van der Waals surface area contributed by atoms with E-state index in [4.69, 9.17) is 0 Å². The second-order valence-electron chi connectivity index (χ2n) is 6.81. The largest absolute Gasteiger partial charge is 0.478 e. The SMILES string of the molecule is CNC(=O)C[C@H](C)N(C)C(=O)c1cccc(-c2cc(C)c(C(=O)O)c(C)n2)c1. The summed E-state index contributed by atoms with van der Waals surface area (Å²) >= 11 is 0. The quantitative estimate of drug-likeness (QED) is 0.799. The van der Waals surface area contributed by atoms with Crippen molar-refractivity contribution in [3.05, 3.63) is 52.7 Å². The number of aromatic nitrogens is 1. The molecule has 0 saturated heterocycles. The van der Waals surface area contributed by atoms with E-state index >= 15 is 0 Å². The van der Waals surface area contributed by atoms with Crippen molar-refractivity contribution in [2.75, 3.05) is 14.1 Å². The van der Waals surface area contributed by atoms with E-state index in [-0.39, 0.29) is 29.8 Å². The Kier molecular flexibility index (Phi) is 6.51. The first-order chi connectivity index (χ1) is 13.1. The topological polar surface area (TPSA) is 99.6 Å². The van der Waals surface area contributed by atoms with Crippen molar-refractivity contribution < 1.29 is 19.5 Å². The third kappa shape index (κ3) is 4.54. The summed E-state index contributed by atoms with van der Waals surface area (Å²) in [5.41, 5.74) is 3.04. The number of carbonyl (C=O) groups excluding carboxylic acids is 2. The average Bonchev–Trinajstić information content (AvgIpc) is 2.65. The minimum Gasteiger partial charge on any atom is -0.478 e. The van der Waals surface area contributed by atoms with Crippen LogP contribution in [0.25, 0.3) is 11.3 Å². The first-order valence-corrected chi connectivity index (χ1v) is 8.95. The van der Waals surface area contributed by atoms with Gasteiger partial charge in [0.25, 0.3) is 5.91 Å². The fourth-order valence-corrected chi connectivity index (χ4v) is 3.03. The predicted molar refractivity (Wildman–Crippen MR) is 106 cm³/mol. The number of carbonyl (C=O) groups is 3. The van der Waals surface area contributed by atoms with Crippen LogP contribution < -0.4 is 5.32 Å². The highest BCUT2D eigenvalue weighted by Gasteiger charge is 2.20. The van der Waals surface area contributed by atoms with Crippen LogP contribution in [0.4, 0.5) is 0 Å². The summed E-state index contributed by atoms with van der Waals surface area (Å²) < 4.78 is 0. The molecule has 0 unspecified atom stereocenters. The fraction of sp³-hybridized carbons (Fsp3) is 0.333. The molecular weight excluding hydrogens is 358 g/mol. The second-order valence-corrected chi connectivity index (χ2v) is 6.81. The molecule has 28 heavy (non-hydrogen) atoms. The number of aryl methyl sites for hydroxylation is 2. The molecule has 0 bridgehead atoms. The van der Waals surface area contributed by atoms with Gasteiger partial charge in [0.15, 0.2) is 0 Å². The second kappa shape index (κ2) is 8.65. The summed E-state index contributed by atoms with van der Waals surface area (Å²) in [7, 11) is 3.23. The fourth-order valence-electron chi connectivity index (χ4n) is 3.03. The molecule has 2 N–H and O–H groups in total. The number of aromatic carboxylic acids is 1. The number of hydrogen-bond acceptors (Lipinski definition) is 4. The van der Waals surface area contributed by atoms with E-state index in [9.17, 15) is 19.5 Å². The van der Waals surface area contributed by atoms with Gasteiger partial charge in [-0.05, 0) is 44.5 Å². The monoisotopic (exact) mass is 383 g/mol. The standard InChI is InChI=1S/C21H25N3O4/c1-12-9-17(23-14(3)19(12)21(27)28)15-7-6-8-16(11-15)20(26)24(5)13(2)10-18(25)22-4/h6-9,11,13H,10H2,1-5H3,(H,22,25)(H,27,28)/t13-/m0/s1. The Morgan fingerprint density at radius 1 is 1.21 bits per heavy atom. The van der Waals surface area contributed by atoms with Crippen molar-refractivity contribution in [1.82, 2.24) is 15.2 Å². The third-order valence-corrected chi connectivity index (χ3v) is 4.76. The number of amides is 2. The van der Waals surface area contributed by atoms with Gasteiger partial charge in [0.1, 0.15) is 0 Å². The number of benzene rings is 1. The summed E-state index contributed by atoms with van der Waals surface area (Å²) in [5, 5.41) is 11.9. The Hall–Kier alpha value is -3.22. The predicted octanol–water partition coefficient (Wildman–Crippen LogP) is 2.66. The number of carboxylic acids is 1. The summed E-state index contributed by atoms with van der Waals surface area (Å²) in [6.07, 6.45) is 0.217. The first kappa shape index (κ1) is 21.1.